The van der Waals surface area contributed by atoms with Crippen molar-refractivity contribution in [1.29, 1.82) is 0 Å². The number of aliphatic hydroxyl groups excluding tert-OH is 2. The minimum absolute atomic E-state index is 0.0479. The smallest absolute Gasteiger partial charge is 0.0771 e. The maximum Gasteiger partial charge on any atom is 0.0771 e. The average Bonchev–Trinajstić information content (AvgIpc) is 3.17. The molecule has 7 bridgehead atoms. The normalized spacial score (nSPS) is 61.6. The Labute approximate surface area is 185 Å². The highest BCUT2D eigenvalue weighted by atomic mass is 16.5. The lowest BCUT2D eigenvalue weighted by Gasteiger charge is -2.70. The highest BCUT2D eigenvalue weighted by Crippen LogP contribution is 2.79. The van der Waals surface area contributed by atoms with Gasteiger partial charge in [0.1, 0.15) is 0 Å². The lowest BCUT2D eigenvalue weighted by molar-refractivity contribution is -0.294. The molecule has 0 amide bonds. The molecule has 0 aromatic rings. The predicted octanol–water partition coefficient (Wildman–Crippen LogP) is 0.502. The van der Waals surface area contributed by atoms with E-state index >= 15 is 0 Å². The van der Waals surface area contributed by atoms with Crippen LogP contribution in [0.5, 0.6) is 0 Å². The predicted molar refractivity (Wildman–Crippen MR) is 112 cm³/mol. The van der Waals surface area contributed by atoms with Gasteiger partial charge in [0.05, 0.1) is 36.6 Å². The van der Waals surface area contributed by atoms with Crippen LogP contribution in [0.4, 0.5) is 0 Å². The molecule has 6 rings (SSSR count). The molecule has 3 N–H and O–H groups in total. The van der Waals surface area contributed by atoms with E-state index in [2.05, 4.69) is 11.8 Å². The van der Waals surface area contributed by atoms with Crippen molar-refractivity contribution in [3.8, 4) is 0 Å². The summed E-state index contributed by atoms with van der Waals surface area (Å²) in [5.74, 6) is 0.352. The van der Waals surface area contributed by atoms with E-state index in [4.69, 9.17) is 14.2 Å². The second-order valence-corrected chi connectivity index (χ2v) is 11.5. The summed E-state index contributed by atoms with van der Waals surface area (Å²) < 4.78 is 17.8. The van der Waals surface area contributed by atoms with Crippen LogP contribution in [0.15, 0.2) is 0 Å². The van der Waals surface area contributed by atoms with E-state index in [-0.39, 0.29) is 58.7 Å². The average molecular weight is 438 g/mol. The van der Waals surface area contributed by atoms with Crippen LogP contribution in [-0.4, -0.2) is 97.3 Å². The first-order chi connectivity index (χ1) is 14.8. The van der Waals surface area contributed by atoms with Gasteiger partial charge in [-0.2, -0.15) is 0 Å². The molecule has 5 unspecified atom stereocenters. The third-order valence-electron chi connectivity index (χ3n) is 11.3. The first kappa shape index (κ1) is 21.3. The summed E-state index contributed by atoms with van der Waals surface area (Å²) in [5, 5.41) is 35.3. The van der Waals surface area contributed by atoms with E-state index in [0.29, 0.717) is 19.4 Å². The van der Waals surface area contributed by atoms with Crippen molar-refractivity contribution in [3.63, 3.8) is 0 Å². The number of fused-ring (bicyclic) bond motifs is 2. The number of likely N-dealkylation sites (tertiary alicyclic amines) is 1. The van der Waals surface area contributed by atoms with Gasteiger partial charge >= 0.3 is 0 Å². The Balaban J connectivity index is 1.60. The maximum atomic E-state index is 12.4. The molecule has 31 heavy (non-hydrogen) atoms. The van der Waals surface area contributed by atoms with Gasteiger partial charge in [-0.05, 0) is 31.2 Å². The van der Waals surface area contributed by atoms with Crippen molar-refractivity contribution in [2.24, 2.45) is 40.4 Å². The fraction of sp³-hybridized carbons (Fsp3) is 1.00. The van der Waals surface area contributed by atoms with Crippen LogP contribution in [0.1, 0.15) is 32.6 Å². The number of rotatable bonds is 5. The summed E-state index contributed by atoms with van der Waals surface area (Å²) in [4.78, 5) is 2.52. The molecular weight excluding hydrogens is 398 g/mol. The molecule has 1 aliphatic heterocycles. The van der Waals surface area contributed by atoms with Crippen LogP contribution >= 0.6 is 0 Å². The zero-order chi connectivity index (χ0) is 21.9. The fourth-order valence-electron chi connectivity index (χ4n) is 10.6. The molecule has 7 heteroatoms. The lowest BCUT2D eigenvalue weighted by atomic mass is 9.42. The Kier molecular flexibility index (Phi) is 4.56. The van der Waals surface area contributed by atoms with Crippen molar-refractivity contribution >= 4 is 0 Å². The van der Waals surface area contributed by atoms with Crippen LogP contribution in [0.2, 0.25) is 0 Å². The van der Waals surface area contributed by atoms with E-state index in [1.165, 1.54) is 0 Å². The quantitative estimate of drug-likeness (QED) is 0.577. The molecule has 176 valence electrons. The molecule has 0 aromatic carbocycles. The fourth-order valence-corrected chi connectivity index (χ4v) is 10.6. The van der Waals surface area contributed by atoms with E-state index in [1.807, 2.05) is 0 Å². The molecule has 1 saturated heterocycles. The number of hydrogen-bond acceptors (Lipinski definition) is 7. The zero-order valence-corrected chi connectivity index (χ0v) is 19.2. The summed E-state index contributed by atoms with van der Waals surface area (Å²) in [6, 6.07) is 0.206. The topological polar surface area (TPSA) is 91.6 Å². The van der Waals surface area contributed by atoms with Gasteiger partial charge in [0.2, 0.25) is 0 Å². The second kappa shape index (κ2) is 6.65. The minimum Gasteiger partial charge on any atom is -0.392 e. The Hall–Kier alpha value is -0.280. The van der Waals surface area contributed by atoms with Gasteiger partial charge in [-0.3, -0.25) is 4.90 Å². The summed E-state index contributed by atoms with van der Waals surface area (Å²) in [5.41, 5.74) is -1.48. The third kappa shape index (κ3) is 2.12. The lowest BCUT2D eigenvalue weighted by Crippen LogP contribution is -2.78. The van der Waals surface area contributed by atoms with Crippen LogP contribution in [0.3, 0.4) is 0 Å². The number of piperidine rings is 1. The molecule has 5 saturated carbocycles. The minimum atomic E-state index is -0.940. The van der Waals surface area contributed by atoms with Gasteiger partial charge in [-0.1, -0.05) is 6.92 Å². The van der Waals surface area contributed by atoms with Gasteiger partial charge in [0.15, 0.2) is 0 Å². The molecule has 6 fully saturated rings. The summed E-state index contributed by atoms with van der Waals surface area (Å²) in [7, 11) is 5.24. The van der Waals surface area contributed by atoms with Gasteiger partial charge in [0.25, 0.3) is 0 Å². The molecule has 1 spiro atoms. The van der Waals surface area contributed by atoms with Crippen molar-refractivity contribution in [3.05, 3.63) is 0 Å². The largest absolute Gasteiger partial charge is 0.392 e. The van der Waals surface area contributed by atoms with Gasteiger partial charge in [0, 0.05) is 75.3 Å². The molecule has 6 aliphatic rings. The van der Waals surface area contributed by atoms with Gasteiger partial charge in [-0.15, -0.1) is 0 Å². The monoisotopic (exact) mass is 437 g/mol. The second-order valence-electron chi connectivity index (χ2n) is 11.5. The van der Waals surface area contributed by atoms with Crippen molar-refractivity contribution in [2.75, 3.05) is 41.0 Å². The zero-order valence-electron chi connectivity index (χ0n) is 19.2. The Morgan fingerprint density at radius 1 is 1.03 bits per heavy atom. The van der Waals surface area contributed by atoms with Gasteiger partial charge in [-0.25, -0.2) is 0 Å². The SMILES string of the molecule is CCN1C[C@@]2(COC)C3C[C@H]4C1[C@@]3(C1C[C@H]3C(O)C1[C@]4(O)C[C@@H]3OC)[C@@H](OC)C[C@H]2O. The van der Waals surface area contributed by atoms with E-state index in [9.17, 15) is 15.3 Å². The molecule has 7 nitrogen and oxygen atoms in total. The maximum absolute atomic E-state index is 12.4. The van der Waals surface area contributed by atoms with Crippen LogP contribution in [0.25, 0.3) is 0 Å². The number of hydrogen-bond donors (Lipinski definition) is 3. The molecule has 1 heterocycles. The highest BCUT2D eigenvalue weighted by Gasteiger charge is 2.84. The van der Waals surface area contributed by atoms with E-state index in [1.54, 1.807) is 21.3 Å². The summed E-state index contributed by atoms with van der Waals surface area (Å²) in [6.07, 6.45) is 1.71. The first-order valence-electron chi connectivity index (χ1n) is 12.2. The van der Waals surface area contributed by atoms with Crippen LogP contribution in [-0.2, 0) is 14.2 Å². The van der Waals surface area contributed by atoms with Crippen LogP contribution < -0.4 is 0 Å². The number of aliphatic hydroxyl groups is 3. The number of methoxy groups -OCH3 is 3. The van der Waals surface area contributed by atoms with E-state index in [0.717, 1.165) is 25.9 Å². The molecule has 5 aliphatic carbocycles. The number of ether oxygens (including phenoxy) is 3. The van der Waals surface area contributed by atoms with Gasteiger partial charge < -0.3 is 29.5 Å². The van der Waals surface area contributed by atoms with E-state index < -0.39 is 17.8 Å². The molecule has 0 radical (unpaired) electrons. The van der Waals surface area contributed by atoms with Crippen molar-refractivity contribution in [1.82, 2.24) is 4.90 Å². The Bertz CT molecular complexity index is 752. The first-order valence-corrected chi connectivity index (χ1v) is 12.2. The van der Waals surface area contributed by atoms with Crippen LogP contribution in [0, 0.1) is 40.4 Å². The molecule has 13 atom stereocenters. The molecular formula is C24H39NO6. The number of nitrogens with zero attached hydrogens (tertiary/aromatic N) is 1. The summed E-state index contributed by atoms with van der Waals surface area (Å²) >= 11 is 0. The molecule has 0 aromatic heterocycles. The van der Waals surface area contributed by atoms with Crippen molar-refractivity contribution in [2.45, 2.75) is 68.7 Å². The highest BCUT2D eigenvalue weighted by molar-refractivity contribution is 5.34. The van der Waals surface area contributed by atoms with Crippen molar-refractivity contribution < 1.29 is 29.5 Å². The summed E-state index contributed by atoms with van der Waals surface area (Å²) in [6.45, 7) is 4.39. The third-order valence-corrected chi connectivity index (χ3v) is 11.3. The standard InChI is InChI=1S/C24H39NO6/c1-5-25-10-22(11-29-2)16-7-14-21(25)24(16,18(31-4)8-17(22)26)13-6-12-15(30-3)9-23(14,28)19(13)20(12)27/h12-21,26-28H,5-11H2,1-4H3/t12-,13?,14+,15+,16?,17-,18+,19?,20?,21?,22-,23+,24-/m1/s1. The Morgan fingerprint density at radius 2 is 1.81 bits per heavy atom. The Morgan fingerprint density at radius 3 is 2.45 bits per heavy atom.